The van der Waals surface area contributed by atoms with Gasteiger partial charge in [-0.3, -0.25) is 14.8 Å². The van der Waals surface area contributed by atoms with Gasteiger partial charge in [0.15, 0.2) is 0 Å². The molecular weight excluding hydrogens is 340 g/mol. The van der Waals surface area contributed by atoms with Crippen LogP contribution in [0.15, 0.2) is 53.8 Å². The Morgan fingerprint density at radius 1 is 1.30 bits per heavy atom. The van der Waals surface area contributed by atoms with E-state index in [-0.39, 0.29) is 5.54 Å². The van der Waals surface area contributed by atoms with Crippen LogP contribution in [0, 0.1) is 0 Å². The molecule has 1 aromatic carbocycles. The first kappa shape index (κ1) is 19.0. The quantitative estimate of drug-likeness (QED) is 0.237. The lowest BCUT2D eigenvalue weighted by molar-refractivity contribution is 0.112. The zero-order chi connectivity index (χ0) is 19.1. The predicted molar refractivity (Wildman–Crippen MR) is 108 cm³/mol. The van der Waals surface area contributed by atoms with E-state index in [2.05, 4.69) is 27.7 Å². The number of piperidine rings is 1. The monoisotopic (exact) mass is 366 g/mol. The number of aromatic nitrogens is 1. The Morgan fingerprint density at radius 2 is 2.04 bits per heavy atom. The predicted octanol–water partition coefficient (Wildman–Crippen LogP) is 1.68. The Labute approximate surface area is 159 Å². The first-order chi connectivity index (χ1) is 13.1. The van der Waals surface area contributed by atoms with Gasteiger partial charge in [0, 0.05) is 42.3 Å². The molecule has 1 aromatic heterocycles. The number of hydrazine groups is 1. The van der Waals surface area contributed by atoms with Crippen LogP contribution < -0.4 is 16.6 Å². The minimum Gasteiger partial charge on any atom is -0.378 e. The summed E-state index contributed by atoms with van der Waals surface area (Å²) in [7, 11) is 2.13. The number of aliphatic imine (C=N–C) groups is 1. The van der Waals surface area contributed by atoms with Gasteiger partial charge in [-0.1, -0.05) is 12.1 Å². The highest BCUT2D eigenvalue weighted by Gasteiger charge is 2.33. The molecular formula is C20H26N6O. The molecule has 0 spiro atoms. The van der Waals surface area contributed by atoms with E-state index in [1.165, 1.54) is 0 Å². The number of hydrogen-bond donors (Lipinski definition) is 3. The van der Waals surface area contributed by atoms with Crippen LogP contribution in [0.2, 0.25) is 0 Å². The van der Waals surface area contributed by atoms with E-state index >= 15 is 0 Å². The molecule has 142 valence electrons. The Morgan fingerprint density at radius 3 is 2.70 bits per heavy atom. The third kappa shape index (κ3) is 4.90. The van der Waals surface area contributed by atoms with Gasteiger partial charge in [-0.15, -0.1) is 0 Å². The molecule has 2 aromatic rings. The van der Waals surface area contributed by atoms with Crippen molar-refractivity contribution in [2.45, 2.75) is 18.4 Å². The van der Waals surface area contributed by atoms with Crippen molar-refractivity contribution in [3.8, 4) is 0 Å². The van der Waals surface area contributed by atoms with E-state index in [1.807, 2.05) is 30.3 Å². The molecule has 1 fully saturated rings. The van der Waals surface area contributed by atoms with Gasteiger partial charge in [0.05, 0.1) is 12.1 Å². The number of nitrogens with one attached hydrogen (secondary N) is 2. The number of carbonyl (C=O) groups is 1. The summed E-state index contributed by atoms with van der Waals surface area (Å²) in [5.41, 5.74) is 5.01. The van der Waals surface area contributed by atoms with Crippen LogP contribution >= 0.6 is 0 Å². The van der Waals surface area contributed by atoms with E-state index in [0.717, 1.165) is 43.5 Å². The molecule has 1 aliphatic rings. The molecule has 2 heterocycles. The fourth-order valence-corrected chi connectivity index (χ4v) is 3.33. The van der Waals surface area contributed by atoms with Crippen molar-refractivity contribution in [3.63, 3.8) is 0 Å². The third-order valence-corrected chi connectivity index (χ3v) is 5.01. The molecule has 0 radical (unpaired) electrons. The van der Waals surface area contributed by atoms with Crippen molar-refractivity contribution in [1.82, 2.24) is 15.3 Å². The number of likely N-dealkylation sites (tertiary alicyclic amines) is 1. The lowest BCUT2D eigenvalue weighted by atomic mass is 9.87. The molecule has 0 amide bonds. The zero-order valence-electron chi connectivity index (χ0n) is 15.6. The molecule has 7 heteroatoms. The molecule has 0 aliphatic carbocycles. The first-order valence-electron chi connectivity index (χ1n) is 9.07. The smallest absolute Gasteiger partial charge is 0.150 e. The fraction of sp³-hybridized carbons (Fsp3) is 0.350. The molecule has 0 atom stereocenters. The minimum absolute atomic E-state index is 0.191. The van der Waals surface area contributed by atoms with Crippen LogP contribution in [0.25, 0.3) is 0 Å². The number of aldehydes is 1. The van der Waals surface area contributed by atoms with Crippen LogP contribution in [0.4, 0.5) is 5.69 Å². The van der Waals surface area contributed by atoms with Crippen molar-refractivity contribution in [2.75, 3.05) is 32.0 Å². The number of rotatable bonds is 6. The maximum atomic E-state index is 11.1. The van der Waals surface area contributed by atoms with E-state index in [0.29, 0.717) is 17.9 Å². The minimum atomic E-state index is -0.191. The molecule has 0 bridgehead atoms. The normalized spacial score (nSPS) is 17.3. The first-order valence-corrected chi connectivity index (χ1v) is 9.07. The van der Waals surface area contributed by atoms with Gasteiger partial charge in [0.1, 0.15) is 12.1 Å². The number of nitrogens with two attached hydrogens (primary N) is 1. The largest absolute Gasteiger partial charge is 0.378 e. The van der Waals surface area contributed by atoms with Crippen molar-refractivity contribution in [3.05, 3.63) is 59.9 Å². The second-order valence-corrected chi connectivity index (χ2v) is 7.00. The zero-order valence-corrected chi connectivity index (χ0v) is 15.6. The summed E-state index contributed by atoms with van der Waals surface area (Å²) in [6, 6.07) is 11.3. The standard InChI is InChI=1S/C20H26N6O/c1-26-11-7-20(8-12-26,24-18-4-2-3-16(13-18)14-27)15-23-19(25-21)17-5-9-22-10-6-17/h2-6,9-10,13-14,24H,7-8,11-12,15,21H2,1H3,(H,23,25). The van der Waals surface area contributed by atoms with Gasteiger partial charge in [-0.05, 0) is 44.2 Å². The maximum absolute atomic E-state index is 11.1. The van der Waals surface area contributed by atoms with Crippen molar-refractivity contribution < 1.29 is 4.79 Å². The van der Waals surface area contributed by atoms with Crippen LogP contribution in [0.3, 0.4) is 0 Å². The highest BCUT2D eigenvalue weighted by Crippen LogP contribution is 2.27. The summed E-state index contributed by atoms with van der Waals surface area (Å²) in [5, 5.41) is 3.65. The average molecular weight is 366 g/mol. The number of nitrogens with zero attached hydrogens (tertiary/aromatic N) is 3. The molecule has 0 unspecified atom stereocenters. The average Bonchev–Trinajstić information content (AvgIpc) is 2.72. The number of hydrogen-bond acceptors (Lipinski definition) is 6. The molecule has 0 saturated carbocycles. The Hall–Kier alpha value is -2.77. The highest BCUT2D eigenvalue weighted by molar-refractivity contribution is 5.98. The summed E-state index contributed by atoms with van der Waals surface area (Å²) < 4.78 is 0. The molecule has 7 nitrogen and oxygen atoms in total. The lowest BCUT2D eigenvalue weighted by Crippen LogP contribution is -2.51. The number of anilines is 1. The van der Waals surface area contributed by atoms with Crippen LogP contribution in [-0.4, -0.2) is 54.2 Å². The van der Waals surface area contributed by atoms with Gasteiger partial charge < -0.3 is 15.6 Å². The molecule has 1 aliphatic heterocycles. The summed E-state index contributed by atoms with van der Waals surface area (Å²) in [5.74, 6) is 6.35. The van der Waals surface area contributed by atoms with E-state index in [4.69, 9.17) is 10.8 Å². The van der Waals surface area contributed by atoms with E-state index < -0.39 is 0 Å². The molecule has 3 rings (SSSR count). The number of amidine groups is 1. The topological polar surface area (TPSA) is 95.6 Å². The van der Waals surface area contributed by atoms with E-state index in [9.17, 15) is 4.79 Å². The summed E-state index contributed by atoms with van der Waals surface area (Å²) in [6.07, 6.45) is 6.21. The highest BCUT2D eigenvalue weighted by atomic mass is 16.1. The molecule has 4 N–H and O–H groups in total. The van der Waals surface area contributed by atoms with Crippen LogP contribution in [-0.2, 0) is 0 Å². The fourth-order valence-electron chi connectivity index (χ4n) is 3.33. The van der Waals surface area contributed by atoms with E-state index in [1.54, 1.807) is 18.5 Å². The van der Waals surface area contributed by atoms with Gasteiger partial charge in [-0.2, -0.15) is 0 Å². The number of pyridine rings is 1. The number of benzene rings is 1. The van der Waals surface area contributed by atoms with Crippen molar-refractivity contribution >= 4 is 17.8 Å². The van der Waals surface area contributed by atoms with Crippen LogP contribution in [0.5, 0.6) is 0 Å². The second-order valence-electron chi connectivity index (χ2n) is 7.00. The molecule has 27 heavy (non-hydrogen) atoms. The maximum Gasteiger partial charge on any atom is 0.150 e. The van der Waals surface area contributed by atoms with Gasteiger partial charge in [0.25, 0.3) is 0 Å². The lowest BCUT2D eigenvalue weighted by Gasteiger charge is -2.41. The number of carbonyl (C=O) groups excluding carboxylic acids is 1. The van der Waals surface area contributed by atoms with Gasteiger partial charge >= 0.3 is 0 Å². The Kier molecular flexibility index (Phi) is 6.16. The molecule has 1 saturated heterocycles. The summed E-state index contributed by atoms with van der Waals surface area (Å²) >= 11 is 0. The summed E-state index contributed by atoms with van der Waals surface area (Å²) in [4.78, 5) is 22.2. The Bertz CT molecular complexity index is 784. The second kappa shape index (κ2) is 8.75. The van der Waals surface area contributed by atoms with Crippen molar-refractivity contribution in [2.24, 2.45) is 10.8 Å². The van der Waals surface area contributed by atoms with Crippen molar-refractivity contribution in [1.29, 1.82) is 0 Å². The van der Waals surface area contributed by atoms with Gasteiger partial charge in [0.2, 0.25) is 0 Å². The van der Waals surface area contributed by atoms with Crippen LogP contribution in [0.1, 0.15) is 28.8 Å². The third-order valence-electron chi connectivity index (χ3n) is 5.01. The summed E-state index contributed by atoms with van der Waals surface area (Å²) in [6.45, 7) is 2.54. The Balaban J connectivity index is 1.84. The van der Waals surface area contributed by atoms with Gasteiger partial charge in [-0.25, -0.2) is 5.84 Å². The SMILES string of the molecule is CN1CCC(CN=C(NN)c2ccncc2)(Nc2cccc(C=O)c2)CC1.